The summed E-state index contributed by atoms with van der Waals surface area (Å²) in [6.45, 7) is 5.41. The second kappa shape index (κ2) is 6.39. The second-order valence-electron chi connectivity index (χ2n) is 5.12. The van der Waals surface area contributed by atoms with Crippen LogP contribution in [0.1, 0.15) is 26.3 Å². The van der Waals surface area contributed by atoms with Crippen molar-refractivity contribution in [3.05, 3.63) is 58.9 Å². The normalized spacial score (nSPS) is 17.9. The summed E-state index contributed by atoms with van der Waals surface area (Å²) >= 11 is 0. The summed E-state index contributed by atoms with van der Waals surface area (Å²) in [5.41, 5.74) is 2.82. The first kappa shape index (κ1) is 15.0. The lowest BCUT2D eigenvalue weighted by atomic mass is 9.87. The van der Waals surface area contributed by atoms with Gasteiger partial charge in [-0.05, 0) is 19.4 Å². The maximum Gasteiger partial charge on any atom is 0.336 e. The van der Waals surface area contributed by atoms with Crippen LogP contribution in [0.3, 0.4) is 0 Å². The van der Waals surface area contributed by atoms with Crippen LogP contribution in [0.25, 0.3) is 0 Å². The lowest BCUT2D eigenvalue weighted by Gasteiger charge is -2.24. The molecule has 0 radical (unpaired) electrons. The number of nitrogens with one attached hydrogen (secondary N) is 1. The highest BCUT2D eigenvalue weighted by molar-refractivity contribution is 5.99. The molecule has 21 heavy (non-hydrogen) atoms. The molecule has 1 heterocycles. The van der Waals surface area contributed by atoms with Gasteiger partial charge in [-0.1, -0.05) is 37.3 Å². The van der Waals surface area contributed by atoms with Crippen molar-refractivity contribution in [2.24, 2.45) is 5.92 Å². The van der Waals surface area contributed by atoms with Crippen molar-refractivity contribution in [2.45, 2.75) is 27.4 Å². The van der Waals surface area contributed by atoms with Crippen molar-refractivity contribution in [3.8, 4) is 0 Å². The average Bonchev–Trinajstić information content (AvgIpc) is 2.45. The smallest absolute Gasteiger partial charge is 0.336 e. The number of allylic oxidation sites excluding steroid dienone is 2. The molecule has 1 aliphatic heterocycles. The van der Waals surface area contributed by atoms with E-state index in [1.54, 1.807) is 6.20 Å². The van der Waals surface area contributed by atoms with Gasteiger partial charge < -0.3 is 10.1 Å². The first-order valence-corrected chi connectivity index (χ1v) is 6.90. The summed E-state index contributed by atoms with van der Waals surface area (Å²) < 4.78 is 5.32. The van der Waals surface area contributed by atoms with E-state index in [1.165, 1.54) is 6.92 Å². The Morgan fingerprint density at radius 3 is 2.52 bits per heavy atom. The third-order valence-electron chi connectivity index (χ3n) is 3.58. The number of hydrogen-bond donors (Lipinski definition) is 1. The fraction of sp³-hybridized carbons (Fsp3) is 0.294. The molecule has 0 aliphatic carbocycles. The molecule has 1 N–H and O–H groups in total. The quantitative estimate of drug-likeness (QED) is 0.864. The van der Waals surface area contributed by atoms with Gasteiger partial charge >= 0.3 is 5.97 Å². The number of ether oxygens (including phenoxy) is 1. The summed E-state index contributed by atoms with van der Waals surface area (Å²) in [4.78, 5) is 23.9. The zero-order valence-corrected chi connectivity index (χ0v) is 12.5. The Morgan fingerprint density at radius 1 is 1.24 bits per heavy atom. The van der Waals surface area contributed by atoms with E-state index in [4.69, 9.17) is 4.74 Å². The van der Waals surface area contributed by atoms with E-state index in [2.05, 4.69) is 5.32 Å². The number of esters is 1. The molecule has 0 fully saturated rings. The third-order valence-corrected chi connectivity index (χ3v) is 3.58. The molecule has 4 heteroatoms. The first-order valence-electron chi connectivity index (χ1n) is 6.90. The van der Waals surface area contributed by atoms with E-state index >= 15 is 0 Å². The van der Waals surface area contributed by atoms with Gasteiger partial charge in [0.15, 0.2) is 5.78 Å². The molecule has 0 saturated heterocycles. The van der Waals surface area contributed by atoms with Gasteiger partial charge in [-0.25, -0.2) is 4.79 Å². The lowest BCUT2D eigenvalue weighted by molar-refractivity contribution is -0.140. The highest BCUT2D eigenvalue weighted by Crippen LogP contribution is 2.27. The number of dihydropyridines is 1. The topological polar surface area (TPSA) is 55.4 Å². The van der Waals surface area contributed by atoms with Crippen LogP contribution in [0.2, 0.25) is 0 Å². The van der Waals surface area contributed by atoms with Crippen LogP contribution >= 0.6 is 0 Å². The number of carbonyl (C=O) groups excluding carboxylic acids is 2. The predicted molar refractivity (Wildman–Crippen MR) is 80.0 cm³/mol. The number of Topliss-reactive ketones (excluding diaryl/α,β-unsaturated/α-hetero) is 1. The van der Waals surface area contributed by atoms with Crippen LogP contribution in [0.15, 0.2) is 53.4 Å². The van der Waals surface area contributed by atoms with Gasteiger partial charge in [0.25, 0.3) is 0 Å². The molecule has 1 aromatic carbocycles. The Bertz CT molecular complexity index is 614. The molecule has 1 aliphatic rings. The van der Waals surface area contributed by atoms with Crippen LogP contribution in [-0.2, 0) is 20.9 Å². The zero-order chi connectivity index (χ0) is 15.4. The van der Waals surface area contributed by atoms with Crippen LogP contribution in [-0.4, -0.2) is 11.8 Å². The standard InChI is InChI=1S/C17H19NO3/c1-11-15(9-18-12(2)16(11)13(3)19)17(20)21-10-14-7-5-4-6-8-14/h4-9,11,18H,10H2,1-3H3. The summed E-state index contributed by atoms with van der Waals surface area (Å²) in [6, 6.07) is 9.50. The van der Waals surface area contributed by atoms with Gasteiger partial charge in [0.05, 0.1) is 5.57 Å². The second-order valence-corrected chi connectivity index (χ2v) is 5.12. The third kappa shape index (κ3) is 3.40. The van der Waals surface area contributed by atoms with Gasteiger partial charge in [-0.3, -0.25) is 4.79 Å². The first-order chi connectivity index (χ1) is 10.0. The Labute approximate surface area is 124 Å². The van der Waals surface area contributed by atoms with Gasteiger partial charge in [0.1, 0.15) is 6.61 Å². The lowest BCUT2D eigenvalue weighted by Crippen LogP contribution is -2.27. The van der Waals surface area contributed by atoms with Crippen molar-refractivity contribution in [3.63, 3.8) is 0 Å². The SMILES string of the molecule is CC(=O)C1=C(C)NC=C(C(=O)OCc2ccccc2)C1C. The van der Waals surface area contributed by atoms with E-state index in [1.807, 2.05) is 44.2 Å². The molecule has 1 atom stereocenters. The minimum absolute atomic E-state index is 0.0334. The van der Waals surface area contributed by atoms with Crippen molar-refractivity contribution >= 4 is 11.8 Å². The van der Waals surface area contributed by atoms with Gasteiger partial charge in [0, 0.05) is 23.4 Å². The van der Waals surface area contributed by atoms with Gasteiger partial charge in [0.2, 0.25) is 0 Å². The Morgan fingerprint density at radius 2 is 1.90 bits per heavy atom. The summed E-state index contributed by atoms with van der Waals surface area (Å²) in [5.74, 6) is -0.689. The van der Waals surface area contributed by atoms with E-state index in [-0.39, 0.29) is 18.3 Å². The van der Waals surface area contributed by atoms with Gasteiger partial charge in [-0.2, -0.15) is 0 Å². The highest BCUT2D eigenvalue weighted by Gasteiger charge is 2.28. The predicted octanol–water partition coefficient (Wildman–Crippen LogP) is 2.72. The molecule has 0 bridgehead atoms. The maximum absolute atomic E-state index is 12.2. The fourth-order valence-electron chi connectivity index (χ4n) is 2.48. The molecule has 1 aromatic rings. The molecular weight excluding hydrogens is 266 g/mol. The van der Waals surface area contributed by atoms with Crippen molar-refractivity contribution in [1.29, 1.82) is 0 Å². The Hall–Kier alpha value is -2.36. The molecule has 4 nitrogen and oxygen atoms in total. The van der Waals surface area contributed by atoms with Crippen LogP contribution in [0.4, 0.5) is 0 Å². The minimum Gasteiger partial charge on any atom is -0.457 e. The molecule has 110 valence electrons. The maximum atomic E-state index is 12.2. The van der Waals surface area contributed by atoms with Gasteiger partial charge in [-0.15, -0.1) is 0 Å². The molecule has 2 rings (SSSR count). The van der Waals surface area contributed by atoms with Crippen LogP contribution in [0.5, 0.6) is 0 Å². The van der Waals surface area contributed by atoms with Crippen LogP contribution < -0.4 is 5.32 Å². The number of rotatable bonds is 4. The van der Waals surface area contributed by atoms with E-state index < -0.39 is 5.97 Å². The summed E-state index contributed by atoms with van der Waals surface area (Å²) in [6.07, 6.45) is 1.62. The number of hydrogen-bond acceptors (Lipinski definition) is 4. The number of ketones is 1. The molecule has 0 aromatic heterocycles. The largest absolute Gasteiger partial charge is 0.457 e. The van der Waals surface area contributed by atoms with Crippen LogP contribution in [0, 0.1) is 5.92 Å². The van der Waals surface area contributed by atoms with Crippen molar-refractivity contribution in [2.75, 3.05) is 0 Å². The van der Waals surface area contributed by atoms with E-state index in [0.717, 1.165) is 11.3 Å². The average molecular weight is 285 g/mol. The molecule has 0 spiro atoms. The van der Waals surface area contributed by atoms with E-state index in [0.29, 0.717) is 11.1 Å². The minimum atomic E-state index is -0.398. The molecule has 0 saturated carbocycles. The molecule has 1 unspecified atom stereocenters. The van der Waals surface area contributed by atoms with E-state index in [9.17, 15) is 9.59 Å². The Kier molecular flexibility index (Phi) is 4.58. The monoisotopic (exact) mass is 285 g/mol. The Balaban J connectivity index is 2.05. The fourth-order valence-corrected chi connectivity index (χ4v) is 2.48. The number of benzene rings is 1. The van der Waals surface area contributed by atoms with Crippen molar-refractivity contribution in [1.82, 2.24) is 5.32 Å². The zero-order valence-electron chi connectivity index (χ0n) is 12.5. The highest BCUT2D eigenvalue weighted by atomic mass is 16.5. The summed E-state index contributed by atoms with van der Waals surface area (Å²) in [7, 11) is 0. The molecule has 0 amide bonds. The molecular formula is C17H19NO3. The number of carbonyl (C=O) groups is 2. The van der Waals surface area contributed by atoms with Crippen molar-refractivity contribution < 1.29 is 14.3 Å². The summed E-state index contributed by atoms with van der Waals surface area (Å²) in [5, 5.41) is 2.97.